The summed E-state index contributed by atoms with van der Waals surface area (Å²) in [5.74, 6) is 8.04. The van der Waals surface area contributed by atoms with Crippen LogP contribution in [0.5, 0.6) is 0 Å². The van der Waals surface area contributed by atoms with Crippen molar-refractivity contribution in [2.45, 2.75) is 535 Å². The van der Waals surface area contributed by atoms with Crippen molar-refractivity contribution in [3.05, 3.63) is 0 Å². The summed E-state index contributed by atoms with van der Waals surface area (Å²) in [6, 6.07) is 0. The number of hydrogen-bond donors (Lipinski definition) is 0. The van der Waals surface area contributed by atoms with Crippen molar-refractivity contribution in [3.8, 4) is 0 Å². The van der Waals surface area contributed by atoms with Crippen molar-refractivity contribution in [1.29, 1.82) is 0 Å². The quantitative estimate of drug-likeness (QED) is 0.107. The van der Waals surface area contributed by atoms with Crippen LogP contribution >= 0.6 is 0 Å². The molecule has 0 radical (unpaired) electrons. The van der Waals surface area contributed by atoms with Crippen LogP contribution in [0.2, 0.25) is 0 Å². The fourth-order valence-electron chi connectivity index (χ4n) is 23.4. The van der Waals surface area contributed by atoms with Gasteiger partial charge in [0.25, 0.3) is 0 Å². The molecule has 112 heavy (non-hydrogen) atoms. The second-order valence-corrected chi connectivity index (χ2v) is 47.9. The molecule has 0 amide bonds. The summed E-state index contributed by atoms with van der Waals surface area (Å²) >= 11 is 0. The van der Waals surface area contributed by atoms with E-state index >= 15 is 0 Å². The Morgan fingerprint density at radius 2 is 0.545 bits per heavy atom. The van der Waals surface area contributed by atoms with Gasteiger partial charge in [-0.05, 0) is 287 Å². The highest BCUT2D eigenvalue weighted by Crippen LogP contribution is 2.60. The summed E-state index contributed by atoms with van der Waals surface area (Å²) in [6.07, 6.45) is 46.7. The summed E-state index contributed by atoms with van der Waals surface area (Å²) in [4.78, 5) is 0. The summed E-state index contributed by atoms with van der Waals surface area (Å²) in [5, 5.41) is 0. The molecule has 672 valence electrons. The van der Waals surface area contributed by atoms with E-state index < -0.39 is 34.5 Å². The second-order valence-electron chi connectivity index (χ2n) is 47.9. The molecule has 0 nitrogen and oxygen atoms in total. The third kappa shape index (κ3) is 40.9. The molecule has 0 N–H and O–H groups in total. The smallest absolute Gasteiger partial charge is 0.207 e. The Morgan fingerprint density at radius 1 is 0.304 bits per heavy atom. The van der Waals surface area contributed by atoms with Crippen molar-refractivity contribution in [1.82, 2.24) is 0 Å². The largest absolute Gasteiger partial charge is 0.393 e. The summed E-state index contributed by atoms with van der Waals surface area (Å²) < 4.78 is 105. The van der Waals surface area contributed by atoms with E-state index in [0.717, 1.165) is 117 Å². The van der Waals surface area contributed by atoms with Gasteiger partial charge >= 0.3 is 12.4 Å². The number of alkyl halides is 8. The molecule has 0 saturated heterocycles. The lowest BCUT2D eigenvalue weighted by Gasteiger charge is -2.48. The molecular weight excluding hydrogens is 1400 g/mol. The van der Waals surface area contributed by atoms with Crippen LogP contribution in [-0.4, -0.2) is 18.3 Å². The molecule has 0 aromatic rings. The van der Waals surface area contributed by atoms with Gasteiger partial charge < -0.3 is 0 Å². The first kappa shape index (κ1) is 109. The van der Waals surface area contributed by atoms with E-state index in [9.17, 15) is 35.1 Å². The van der Waals surface area contributed by atoms with Crippen LogP contribution < -0.4 is 0 Å². The lowest BCUT2D eigenvalue weighted by Crippen LogP contribution is -2.44. The van der Waals surface area contributed by atoms with E-state index in [1.54, 1.807) is 0 Å². The molecule has 8 aliphatic rings. The van der Waals surface area contributed by atoms with Gasteiger partial charge in [0.2, 0.25) is 5.92 Å². The summed E-state index contributed by atoms with van der Waals surface area (Å²) in [7, 11) is 0. The zero-order chi connectivity index (χ0) is 86.5. The molecule has 8 aliphatic carbocycles. The maximum Gasteiger partial charge on any atom is 0.393 e. The van der Waals surface area contributed by atoms with Gasteiger partial charge in [0.05, 0.1) is 10.8 Å². The van der Waals surface area contributed by atoms with Crippen molar-refractivity contribution in [2.75, 3.05) is 0 Å². The number of rotatable bonds is 20. The first-order chi connectivity index (χ1) is 51.2. The molecule has 8 rings (SSSR count). The highest BCUT2D eigenvalue weighted by Gasteiger charge is 2.57. The molecule has 0 aromatic carbocycles. The fourth-order valence-corrected chi connectivity index (χ4v) is 23.4. The minimum Gasteiger partial charge on any atom is -0.207 e. The maximum atomic E-state index is 13.3. The topological polar surface area (TPSA) is 0 Å². The average molecular weight is 1600 g/mol. The summed E-state index contributed by atoms with van der Waals surface area (Å²) in [5.41, 5.74) is 0.255. The first-order valence-corrected chi connectivity index (χ1v) is 48.7. The molecule has 0 aromatic heterocycles. The molecule has 8 saturated carbocycles. The lowest BCUT2D eigenvalue weighted by atomic mass is 9.58. The van der Waals surface area contributed by atoms with Gasteiger partial charge in [0.1, 0.15) is 0 Å². The minimum absolute atomic E-state index is 0.117. The van der Waals surface area contributed by atoms with Crippen molar-refractivity contribution in [2.24, 2.45) is 131 Å². The van der Waals surface area contributed by atoms with Crippen molar-refractivity contribution < 1.29 is 35.1 Å². The van der Waals surface area contributed by atoms with E-state index in [2.05, 4.69) is 187 Å². The van der Waals surface area contributed by atoms with E-state index in [4.69, 9.17) is 0 Å². The normalized spacial score (nSPS) is 23.7. The van der Waals surface area contributed by atoms with Crippen LogP contribution in [0, 0.1) is 131 Å². The predicted molar refractivity (Wildman–Crippen MR) is 480 cm³/mol. The Balaban J connectivity index is 0.000000649. The van der Waals surface area contributed by atoms with E-state index in [1.807, 2.05) is 6.92 Å². The Labute approximate surface area is 697 Å². The molecule has 0 unspecified atom stereocenters. The SMILES string of the molecule is CC(C)CC1(CC(C)C)CCC(C)CC1.CC1CCC(C(C)C)(C(C)C)CC1.CC1CCC(CC(C)(C)C(F)(F)F)(CC(C)(C)C(F)(F)F)CC1.CC1CCC(CC(C)(C)C)(CC(C)(C)C)CC1.CCC1(CC)CCC(C)CC1.CCC1CCC(C)(C)CC1.CCC1CCC(F)(F)CC1.CCCC1(CCC)CCC(C)CC1. The number of halogens is 8. The lowest BCUT2D eigenvalue weighted by molar-refractivity contribution is -0.241. The van der Waals surface area contributed by atoms with E-state index in [-0.39, 0.29) is 25.7 Å². The predicted octanol–water partition coefficient (Wildman–Crippen LogP) is 38.6. The first-order valence-electron chi connectivity index (χ1n) is 48.7. The number of hydrogen-bond acceptors (Lipinski definition) is 0. The molecule has 0 spiro atoms. The van der Waals surface area contributed by atoms with Crippen LogP contribution in [-0.2, 0) is 0 Å². The van der Waals surface area contributed by atoms with Crippen molar-refractivity contribution >= 4 is 0 Å². The molecule has 0 bridgehead atoms. The average Bonchev–Trinajstić information content (AvgIpc) is 0.765. The molecular formula is C104H200F8. The van der Waals surface area contributed by atoms with Gasteiger partial charge in [-0.3, -0.25) is 0 Å². The minimum atomic E-state index is -4.41. The Morgan fingerprint density at radius 3 is 0.777 bits per heavy atom. The van der Waals surface area contributed by atoms with Crippen LogP contribution in [0.1, 0.15) is 517 Å². The Kier molecular flexibility index (Phi) is 47.2. The van der Waals surface area contributed by atoms with Gasteiger partial charge in [0.15, 0.2) is 0 Å². The zero-order valence-electron chi connectivity index (χ0n) is 81.5. The van der Waals surface area contributed by atoms with Crippen LogP contribution in [0.4, 0.5) is 35.1 Å². The van der Waals surface area contributed by atoms with Gasteiger partial charge in [-0.2, -0.15) is 26.3 Å². The highest BCUT2D eigenvalue weighted by atomic mass is 19.4. The van der Waals surface area contributed by atoms with Crippen molar-refractivity contribution in [3.63, 3.8) is 0 Å². The fraction of sp³-hybridized carbons (Fsp3) is 1.00. The van der Waals surface area contributed by atoms with Crippen LogP contribution in [0.15, 0.2) is 0 Å². The van der Waals surface area contributed by atoms with Crippen LogP contribution in [0.25, 0.3) is 0 Å². The van der Waals surface area contributed by atoms with Crippen LogP contribution in [0.3, 0.4) is 0 Å². The van der Waals surface area contributed by atoms with Gasteiger partial charge in [-0.25, -0.2) is 8.78 Å². The third-order valence-corrected chi connectivity index (χ3v) is 31.4. The zero-order valence-corrected chi connectivity index (χ0v) is 81.5. The van der Waals surface area contributed by atoms with E-state index in [1.165, 1.54) is 225 Å². The molecule has 8 fully saturated rings. The Hall–Kier alpha value is -0.560. The van der Waals surface area contributed by atoms with Gasteiger partial charge in [0, 0.05) is 12.8 Å². The maximum absolute atomic E-state index is 13.3. The van der Waals surface area contributed by atoms with Gasteiger partial charge in [-0.15, -0.1) is 0 Å². The highest BCUT2D eigenvalue weighted by molar-refractivity contribution is 4.98. The van der Waals surface area contributed by atoms with E-state index in [0.29, 0.717) is 70.0 Å². The summed E-state index contributed by atoms with van der Waals surface area (Å²) in [6.45, 7) is 70.8. The molecule has 0 atom stereocenters. The second kappa shape index (κ2) is 48.3. The molecule has 8 heteroatoms. The third-order valence-electron chi connectivity index (χ3n) is 31.4. The van der Waals surface area contributed by atoms with Gasteiger partial charge in [-0.1, -0.05) is 337 Å². The molecule has 0 heterocycles. The standard InChI is InChI=1S/C17H28F6.C17H34.C15H30.2C13H26.C11H22.C10H20.C8H14F2/c1-12-6-8-15(9-7-12,10-13(2,3)16(18,19)20)11-14(4,5)17(21,22)23;1-14-8-10-17(11-9-14,12-15(2,3)4)13-16(5,6)7;1-12(2)10-15(11-13(3)4)8-6-14(5)7-9-15;1-10(2)13(11(3)4)8-6-12(5)7-9-13;1-4-8-13(9-5-2)10-6-12(3)7-11-13;1-4-11(5-2)8-6-10(3)7-9-11;1-4-9-5-7-10(2,3)8-6-9;1-2-7-3-5-8(9,10)6-4-7/h12H,6-11H2,1-5H3;14H,8-13H2,1-7H3;12-14H,6-11H2,1-5H3;10-12H,6-9H2,1-5H3;12H,4-11H2,1-3H3;10H,4-9H2,1-3H3;9H,4-8H2,1-3H3;7H,2-6H2,1H3. The monoisotopic (exact) mass is 1600 g/mol. The molecule has 0 aliphatic heterocycles. The Bertz CT molecular complexity index is 2240.